The number of benzene rings is 8. The minimum absolute atomic E-state index is 0.0615. The molecule has 0 N–H and O–H groups in total. The van der Waals surface area contributed by atoms with Crippen molar-refractivity contribution in [2.75, 3.05) is 0 Å². The molecule has 0 fully saturated rings. The maximum Gasteiger partial charge on any atom is 0.160 e. The molecule has 11 rings (SSSR count). The molecule has 0 saturated carbocycles. The first-order valence-electron chi connectivity index (χ1n) is 20.3. The standard InChI is InChI=1S/C56H42N2/c1-55(2)46-27-11-10-24-44(46)52-42(25-14-28-47(52)55)38-20-12-22-40(30-38)50-34-51(58-54(57-50)35-16-6-5-7-17-35)41-23-13-21-39(31-41)43-26-15-29-48-53(43)45-32-36-18-8-9-19-37(36)33-49(45)56(48,3)4/h5-34H,1-4H3. The van der Waals surface area contributed by atoms with E-state index < -0.39 is 0 Å². The van der Waals surface area contributed by atoms with Gasteiger partial charge >= 0.3 is 0 Å². The minimum atomic E-state index is -0.109. The number of rotatable bonds is 5. The van der Waals surface area contributed by atoms with Gasteiger partial charge in [0.1, 0.15) is 0 Å². The summed E-state index contributed by atoms with van der Waals surface area (Å²) in [6.45, 7) is 9.40. The van der Waals surface area contributed by atoms with Crippen molar-refractivity contribution in [3.63, 3.8) is 0 Å². The van der Waals surface area contributed by atoms with Gasteiger partial charge in [-0.05, 0) is 108 Å². The Labute approximate surface area is 340 Å². The lowest BCUT2D eigenvalue weighted by atomic mass is 9.81. The molecule has 0 bridgehead atoms. The second-order valence-corrected chi connectivity index (χ2v) is 17.0. The Morgan fingerprint density at radius 2 is 0.759 bits per heavy atom. The van der Waals surface area contributed by atoms with Crippen LogP contribution in [0.1, 0.15) is 49.9 Å². The Hall–Kier alpha value is -6.90. The van der Waals surface area contributed by atoms with Crippen LogP contribution in [0.5, 0.6) is 0 Å². The lowest BCUT2D eigenvalue weighted by Crippen LogP contribution is -2.14. The monoisotopic (exact) mass is 742 g/mol. The van der Waals surface area contributed by atoms with Gasteiger partial charge in [-0.3, -0.25) is 0 Å². The summed E-state index contributed by atoms with van der Waals surface area (Å²) in [6.07, 6.45) is 0. The first kappa shape index (κ1) is 34.4. The number of fused-ring (bicyclic) bond motifs is 7. The Morgan fingerprint density at radius 1 is 0.310 bits per heavy atom. The summed E-state index contributed by atoms with van der Waals surface area (Å²) >= 11 is 0. The summed E-state index contributed by atoms with van der Waals surface area (Å²) in [5, 5.41) is 2.55. The second-order valence-electron chi connectivity index (χ2n) is 17.0. The van der Waals surface area contributed by atoms with Crippen molar-refractivity contribution in [3.05, 3.63) is 204 Å². The predicted octanol–water partition coefficient (Wildman–Crippen LogP) is 14.6. The number of hydrogen-bond acceptors (Lipinski definition) is 2. The summed E-state index contributed by atoms with van der Waals surface area (Å²) in [5.41, 5.74) is 20.4. The van der Waals surface area contributed by atoms with Gasteiger partial charge in [-0.2, -0.15) is 0 Å². The molecule has 1 heterocycles. The zero-order chi connectivity index (χ0) is 39.2. The fraction of sp³-hybridized carbons (Fsp3) is 0.107. The molecular weight excluding hydrogens is 701 g/mol. The summed E-state index contributed by atoms with van der Waals surface area (Å²) in [7, 11) is 0. The van der Waals surface area contributed by atoms with E-state index >= 15 is 0 Å². The van der Waals surface area contributed by atoms with E-state index in [2.05, 4.69) is 204 Å². The second kappa shape index (κ2) is 12.8. The van der Waals surface area contributed by atoms with E-state index in [1.807, 2.05) is 6.07 Å². The average Bonchev–Trinajstić information content (AvgIpc) is 3.65. The molecule has 0 amide bonds. The van der Waals surface area contributed by atoms with Crippen LogP contribution in [0.25, 0.3) is 89.2 Å². The van der Waals surface area contributed by atoms with Gasteiger partial charge in [-0.15, -0.1) is 0 Å². The predicted molar refractivity (Wildman–Crippen MR) is 242 cm³/mol. The van der Waals surface area contributed by atoms with Crippen LogP contribution >= 0.6 is 0 Å². The quantitative estimate of drug-likeness (QED) is 0.175. The molecule has 2 aliphatic carbocycles. The Kier molecular flexibility index (Phi) is 7.59. The highest BCUT2D eigenvalue weighted by atomic mass is 14.9. The molecule has 2 nitrogen and oxygen atoms in total. The van der Waals surface area contributed by atoms with Crippen LogP contribution in [0.4, 0.5) is 0 Å². The highest BCUT2D eigenvalue weighted by Crippen LogP contribution is 2.54. The zero-order valence-electron chi connectivity index (χ0n) is 33.2. The fourth-order valence-corrected chi connectivity index (χ4v) is 9.86. The van der Waals surface area contributed by atoms with Crippen LogP contribution in [-0.2, 0) is 10.8 Å². The van der Waals surface area contributed by atoms with E-state index in [1.54, 1.807) is 0 Å². The van der Waals surface area contributed by atoms with E-state index in [9.17, 15) is 0 Å². The first-order chi connectivity index (χ1) is 28.3. The number of nitrogens with zero attached hydrogens (tertiary/aromatic N) is 2. The van der Waals surface area contributed by atoms with Crippen LogP contribution in [0.2, 0.25) is 0 Å². The molecule has 0 unspecified atom stereocenters. The maximum atomic E-state index is 5.26. The van der Waals surface area contributed by atoms with Gasteiger partial charge in [0.05, 0.1) is 11.4 Å². The topological polar surface area (TPSA) is 25.8 Å². The van der Waals surface area contributed by atoms with E-state index in [0.29, 0.717) is 5.82 Å². The third-order valence-electron chi connectivity index (χ3n) is 12.9. The average molecular weight is 743 g/mol. The largest absolute Gasteiger partial charge is 0.228 e. The van der Waals surface area contributed by atoms with Gasteiger partial charge in [0.15, 0.2) is 5.82 Å². The first-order valence-corrected chi connectivity index (χ1v) is 20.3. The highest BCUT2D eigenvalue weighted by molar-refractivity contribution is 5.99. The van der Waals surface area contributed by atoms with E-state index in [0.717, 1.165) is 28.1 Å². The Balaban J connectivity index is 1.05. The van der Waals surface area contributed by atoms with Crippen molar-refractivity contribution in [1.29, 1.82) is 0 Å². The van der Waals surface area contributed by atoms with Gasteiger partial charge in [-0.1, -0.05) is 179 Å². The van der Waals surface area contributed by atoms with Crippen LogP contribution in [0.15, 0.2) is 182 Å². The molecule has 58 heavy (non-hydrogen) atoms. The molecular formula is C56H42N2. The third kappa shape index (κ3) is 5.25. The summed E-state index contributed by atoms with van der Waals surface area (Å²) in [5.74, 6) is 0.711. The van der Waals surface area contributed by atoms with Crippen molar-refractivity contribution >= 4 is 10.8 Å². The van der Waals surface area contributed by atoms with Crippen LogP contribution in [-0.4, -0.2) is 9.97 Å². The normalized spacial score (nSPS) is 14.1. The van der Waals surface area contributed by atoms with Gasteiger partial charge in [0.25, 0.3) is 0 Å². The highest BCUT2D eigenvalue weighted by Gasteiger charge is 2.38. The smallest absolute Gasteiger partial charge is 0.160 e. The van der Waals surface area contributed by atoms with Gasteiger partial charge in [0, 0.05) is 27.5 Å². The van der Waals surface area contributed by atoms with E-state index in [4.69, 9.17) is 9.97 Å². The van der Waals surface area contributed by atoms with Gasteiger partial charge < -0.3 is 0 Å². The van der Waals surface area contributed by atoms with Crippen molar-refractivity contribution in [3.8, 4) is 78.4 Å². The molecule has 9 aromatic rings. The summed E-state index contributed by atoms with van der Waals surface area (Å²) < 4.78 is 0. The lowest BCUT2D eigenvalue weighted by Gasteiger charge is -2.22. The van der Waals surface area contributed by atoms with Gasteiger partial charge in [-0.25, -0.2) is 9.97 Å². The molecule has 0 atom stereocenters. The molecule has 8 aromatic carbocycles. The molecule has 0 saturated heterocycles. The van der Waals surface area contributed by atoms with Crippen LogP contribution < -0.4 is 0 Å². The van der Waals surface area contributed by atoms with Crippen LogP contribution in [0, 0.1) is 0 Å². The van der Waals surface area contributed by atoms with Crippen molar-refractivity contribution in [2.24, 2.45) is 0 Å². The molecule has 276 valence electrons. The zero-order valence-corrected chi connectivity index (χ0v) is 33.2. The molecule has 0 radical (unpaired) electrons. The molecule has 1 aromatic heterocycles. The fourth-order valence-electron chi connectivity index (χ4n) is 9.86. The van der Waals surface area contributed by atoms with Crippen molar-refractivity contribution < 1.29 is 0 Å². The lowest BCUT2D eigenvalue weighted by molar-refractivity contribution is 0.660. The third-order valence-corrected chi connectivity index (χ3v) is 12.9. The van der Waals surface area contributed by atoms with Gasteiger partial charge in [0.2, 0.25) is 0 Å². The number of aromatic nitrogens is 2. The maximum absolute atomic E-state index is 5.26. The van der Waals surface area contributed by atoms with E-state index in [-0.39, 0.29) is 10.8 Å². The SMILES string of the molecule is CC1(C)c2ccccc2-c2c(-c3cccc(-c4cc(-c5cccc(-c6cccc7c6-c6cc8ccccc8cc6C7(C)C)c5)nc(-c5ccccc5)n4)c3)cccc21. The Morgan fingerprint density at radius 3 is 1.40 bits per heavy atom. The Bertz CT molecular complexity index is 3110. The summed E-state index contributed by atoms with van der Waals surface area (Å²) in [4.78, 5) is 10.5. The minimum Gasteiger partial charge on any atom is -0.228 e. The van der Waals surface area contributed by atoms with Crippen molar-refractivity contribution in [1.82, 2.24) is 9.97 Å². The van der Waals surface area contributed by atoms with Crippen molar-refractivity contribution in [2.45, 2.75) is 38.5 Å². The van der Waals surface area contributed by atoms with E-state index in [1.165, 1.54) is 77.5 Å². The molecule has 2 aliphatic rings. The van der Waals surface area contributed by atoms with Crippen LogP contribution in [0.3, 0.4) is 0 Å². The molecule has 0 aliphatic heterocycles. The number of hydrogen-bond donors (Lipinski definition) is 0. The molecule has 0 spiro atoms. The molecule has 2 heteroatoms. The summed E-state index contributed by atoms with van der Waals surface area (Å²) in [6, 6.07) is 66.3.